The summed E-state index contributed by atoms with van der Waals surface area (Å²) in [6.07, 6.45) is 8.11. The van der Waals surface area contributed by atoms with Crippen LogP contribution in [-0.4, -0.2) is 52.4 Å². The third-order valence-corrected chi connectivity index (χ3v) is 6.28. The van der Waals surface area contributed by atoms with Crippen molar-refractivity contribution in [3.05, 3.63) is 58.2 Å². The third kappa shape index (κ3) is 3.56. The van der Waals surface area contributed by atoms with Crippen molar-refractivity contribution in [2.75, 3.05) is 7.11 Å². The molecule has 2 aliphatic heterocycles. The van der Waals surface area contributed by atoms with Crippen LogP contribution in [0.1, 0.15) is 39.0 Å². The lowest BCUT2D eigenvalue weighted by Crippen LogP contribution is -2.69. The zero-order chi connectivity index (χ0) is 22.3. The molecule has 7 nitrogen and oxygen atoms in total. The van der Waals surface area contributed by atoms with Gasteiger partial charge in [0.05, 0.1) is 19.3 Å². The van der Waals surface area contributed by atoms with Gasteiger partial charge in [0, 0.05) is 5.56 Å². The molecule has 2 N–H and O–H groups in total. The van der Waals surface area contributed by atoms with Gasteiger partial charge in [-0.3, -0.25) is 0 Å². The van der Waals surface area contributed by atoms with Gasteiger partial charge >= 0.3 is 5.63 Å². The van der Waals surface area contributed by atoms with Crippen LogP contribution in [0, 0.1) is 6.92 Å². The number of hydrogen-bond donors (Lipinski definition) is 2. The Bertz CT molecular complexity index is 945. The minimum atomic E-state index is -1.11. The van der Waals surface area contributed by atoms with E-state index in [9.17, 15) is 15.0 Å². The normalized spacial score (nSPS) is 38.9. The number of rotatable bonds is 5. The number of methoxy groups -OCH3 is 1. The highest BCUT2D eigenvalue weighted by Gasteiger charge is 2.70. The Morgan fingerprint density at radius 1 is 1.07 bits per heavy atom. The maximum atomic E-state index is 11.6. The minimum absolute atomic E-state index is 0.360. The summed E-state index contributed by atoms with van der Waals surface area (Å²) in [5, 5.41) is 21.5. The molecule has 164 valence electrons. The van der Waals surface area contributed by atoms with Gasteiger partial charge in [0.2, 0.25) is 0 Å². The standard InChI is InChI=1S/C23H30O7/c1-14-16(28-18(24)13-17(14)27-6)11-9-7-8-10-12-21(3)19(25)23(5)20(26)22(4,30-21)15(2)29-23/h7-13,15,19-20,25-26H,1-6H3/b8-7+,11-9+,12-10+/t15-,19+,20-,21+,22+,23+/m1/s1. The molecule has 0 amide bonds. The lowest BCUT2D eigenvalue weighted by Gasteiger charge is -2.51. The number of fused-ring (bicyclic) bond motifs is 2. The van der Waals surface area contributed by atoms with E-state index in [0.29, 0.717) is 11.5 Å². The first-order chi connectivity index (χ1) is 14.0. The van der Waals surface area contributed by atoms with Crippen LogP contribution in [-0.2, 0) is 9.47 Å². The van der Waals surface area contributed by atoms with E-state index in [1.165, 1.54) is 13.2 Å². The van der Waals surface area contributed by atoms with E-state index >= 15 is 0 Å². The molecule has 0 unspecified atom stereocenters. The van der Waals surface area contributed by atoms with Crippen LogP contribution >= 0.6 is 0 Å². The molecule has 0 aliphatic carbocycles. The lowest BCUT2D eigenvalue weighted by atomic mass is 9.73. The van der Waals surface area contributed by atoms with Crippen molar-refractivity contribution in [2.24, 2.45) is 0 Å². The van der Waals surface area contributed by atoms with E-state index in [2.05, 4.69) is 0 Å². The number of aliphatic hydroxyl groups is 2. The summed E-state index contributed by atoms with van der Waals surface area (Å²) >= 11 is 0. The van der Waals surface area contributed by atoms with E-state index in [-0.39, 0.29) is 6.10 Å². The Labute approximate surface area is 176 Å². The minimum Gasteiger partial charge on any atom is -0.496 e. The molecular weight excluding hydrogens is 388 g/mol. The van der Waals surface area contributed by atoms with E-state index in [1.807, 2.05) is 6.92 Å². The lowest BCUT2D eigenvalue weighted by molar-refractivity contribution is -0.261. The molecule has 0 saturated carbocycles. The Morgan fingerprint density at radius 3 is 2.40 bits per heavy atom. The Morgan fingerprint density at radius 2 is 1.73 bits per heavy atom. The van der Waals surface area contributed by atoms with Crippen molar-refractivity contribution in [2.45, 2.75) is 69.7 Å². The van der Waals surface area contributed by atoms with Gasteiger partial charge in [-0.05, 0) is 40.7 Å². The molecule has 7 heteroatoms. The first-order valence-electron chi connectivity index (χ1n) is 9.93. The fraction of sp³-hybridized carbons (Fsp3) is 0.522. The largest absolute Gasteiger partial charge is 0.496 e. The summed E-state index contributed by atoms with van der Waals surface area (Å²) < 4.78 is 22.4. The maximum absolute atomic E-state index is 11.6. The quantitative estimate of drug-likeness (QED) is 0.709. The molecule has 0 aromatic carbocycles. The molecule has 2 saturated heterocycles. The second-order valence-corrected chi connectivity index (χ2v) is 8.44. The molecule has 6 atom stereocenters. The zero-order valence-corrected chi connectivity index (χ0v) is 18.2. The molecule has 0 spiro atoms. The first kappa shape index (κ1) is 22.5. The van der Waals surface area contributed by atoms with Gasteiger partial charge < -0.3 is 28.8 Å². The second-order valence-electron chi connectivity index (χ2n) is 8.44. The van der Waals surface area contributed by atoms with E-state index in [4.69, 9.17) is 18.6 Å². The Kier molecular flexibility index (Phi) is 5.86. The predicted molar refractivity (Wildman–Crippen MR) is 112 cm³/mol. The van der Waals surface area contributed by atoms with E-state index in [0.717, 1.165) is 5.56 Å². The average Bonchev–Trinajstić information content (AvgIpc) is 2.82. The van der Waals surface area contributed by atoms with Crippen LogP contribution in [0.4, 0.5) is 0 Å². The number of allylic oxidation sites excluding steroid dienone is 4. The number of hydrogen-bond acceptors (Lipinski definition) is 7. The monoisotopic (exact) mass is 418 g/mol. The molecular formula is C23H30O7. The van der Waals surface area contributed by atoms with Gasteiger partial charge in [0.25, 0.3) is 0 Å². The molecule has 1 aromatic rings. The summed E-state index contributed by atoms with van der Waals surface area (Å²) in [4.78, 5) is 11.6. The smallest absolute Gasteiger partial charge is 0.339 e. The van der Waals surface area contributed by atoms with Gasteiger partial charge in [-0.25, -0.2) is 4.79 Å². The first-order valence-corrected chi connectivity index (χ1v) is 9.93. The summed E-state index contributed by atoms with van der Waals surface area (Å²) in [6.45, 7) is 8.92. The topological polar surface area (TPSA) is 98.4 Å². The average molecular weight is 418 g/mol. The molecule has 0 radical (unpaired) electrons. The van der Waals surface area contributed by atoms with Crippen molar-refractivity contribution >= 4 is 6.08 Å². The van der Waals surface area contributed by atoms with Crippen LogP contribution in [0.5, 0.6) is 5.75 Å². The predicted octanol–water partition coefficient (Wildman–Crippen LogP) is 2.53. The highest BCUT2D eigenvalue weighted by Crippen LogP contribution is 2.52. The highest BCUT2D eigenvalue weighted by atomic mass is 16.6. The third-order valence-electron chi connectivity index (χ3n) is 6.28. The highest BCUT2D eigenvalue weighted by molar-refractivity contribution is 5.52. The molecule has 3 rings (SSSR count). The summed E-state index contributed by atoms with van der Waals surface area (Å²) in [7, 11) is 1.50. The van der Waals surface area contributed by atoms with Crippen molar-refractivity contribution in [3.63, 3.8) is 0 Å². The van der Waals surface area contributed by atoms with Crippen molar-refractivity contribution in [1.29, 1.82) is 0 Å². The fourth-order valence-corrected chi connectivity index (χ4v) is 4.37. The van der Waals surface area contributed by atoms with E-state index < -0.39 is 34.6 Å². The van der Waals surface area contributed by atoms with Crippen molar-refractivity contribution in [3.8, 4) is 5.75 Å². The number of ether oxygens (including phenoxy) is 3. The van der Waals surface area contributed by atoms with E-state index in [1.54, 1.807) is 64.2 Å². The molecule has 2 fully saturated rings. The van der Waals surface area contributed by atoms with Crippen LogP contribution < -0.4 is 10.4 Å². The number of aliphatic hydroxyl groups excluding tert-OH is 2. The molecule has 30 heavy (non-hydrogen) atoms. The molecule has 2 aliphatic rings. The molecule has 3 heterocycles. The summed E-state index contributed by atoms with van der Waals surface area (Å²) in [5.41, 5.74) is -2.81. The van der Waals surface area contributed by atoms with Gasteiger partial charge in [-0.2, -0.15) is 0 Å². The van der Waals surface area contributed by atoms with Crippen LogP contribution in [0.25, 0.3) is 6.08 Å². The Hall–Kier alpha value is -2.19. The summed E-state index contributed by atoms with van der Waals surface area (Å²) in [6, 6.07) is 1.30. The van der Waals surface area contributed by atoms with Gasteiger partial charge in [0.1, 0.15) is 40.5 Å². The van der Waals surface area contributed by atoms with Crippen LogP contribution in [0.3, 0.4) is 0 Å². The van der Waals surface area contributed by atoms with Gasteiger partial charge in [-0.15, -0.1) is 0 Å². The van der Waals surface area contributed by atoms with Crippen LogP contribution in [0.15, 0.2) is 45.7 Å². The Balaban J connectivity index is 1.74. The van der Waals surface area contributed by atoms with Crippen LogP contribution in [0.2, 0.25) is 0 Å². The molecule has 1 aromatic heterocycles. The summed E-state index contributed by atoms with van der Waals surface area (Å²) in [5.74, 6) is 0.893. The molecule has 2 bridgehead atoms. The zero-order valence-electron chi connectivity index (χ0n) is 18.2. The maximum Gasteiger partial charge on any atom is 0.339 e. The fourth-order valence-electron chi connectivity index (χ4n) is 4.37. The van der Waals surface area contributed by atoms with Crippen molar-refractivity contribution < 1.29 is 28.8 Å². The van der Waals surface area contributed by atoms with Gasteiger partial charge in [-0.1, -0.05) is 30.4 Å². The van der Waals surface area contributed by atoms with Crippen molar-refractivity contribution in [1.82, 2.24) is 0 Å². The second kappa shape index (κ2) is 7.81. The SMILES string of the molecule is COc1cc(=O)oc(/C=C/C=C/C=C/[C@]2(C)O[C@]3(C)[C@@H](O)[C@@](C)(O[C@@H]3C)[C@H]2O)c1C. The van der Waals surface area contributed by atoms with Gasteiger partial charge in [0.15, 0.2) is 0 Å².